The zero-order valence-corrected chi connectivity index (χ0v) is 8.27. The minimum absolute atomic E-state index is 0.0275. The number of carboxylic acid groups (broad SMARTS) is 1. The molecule has 15 heavy (non-hydrogen) atoms. The molecular weight excluding hydrogens is 194 g/mol. The maximum absolute atomic E-state index is 10.4. The molecular formula is C11H12NO3-. The van der Waals surface area contributed by atoms with Crippen LogP contribution in [0.1, 0.15) is 11.1 Å². The molecule has 80 valence electrons. The van der Waals surface area contributed by atoms with Gasteiger partial charge in [0.1, 0.15) is 5.75 Å². The molecule has 1 aromatic rings. The van der Waals surface area contributed by atoms with E-state index < -0.39 is 5.97 Å². The van der Waals surface area contributed by atoms with Crippen LogP contribution in [-0.2, 0) is 17.8 Å². The van der Waals surface area contributed by atoms with Crippen LogP contribution >= 0.6 is 0 Å². The summed E-state index contributed by atoms with van der Waals surface area (Å²) in [5.74, 6) is -0.778. The fraction of sp³-hybridized carbons (Fsp3) is 0.364. The van der Waals surface area contributed by atoms with Crippen molar-refractivity contribution in [3.63, 3.8) is 0 Å². The zero-order chi connectivity index (χ0) is 10.8. The molecule has 0 saturated heterocycles. The summed E-state index contributed by atoms with van der Waals surface area (Å²) in [6, 6.07) is 5.21. The van der Waals surface area contributed by atoms with E-state index in [4.69, 9.17) is 0 Å². The number of aliphatic carboxylic acids is 1. The Balaban J connectivity index is 2.13. The third-order valence-electron chi connectivity index (χ3n) is 2.63. The van der Waals surface area contributed by atoms with Crippen molar-refractivity contribution >= 4 is 5.97 Å². The number of phenolic OH excluding ortho intramolecular Hbond substituents is 1. The van der Waals surface area contributed by atoms with Crippen molar-refractivity contribution in [1.29, 1.82) is 0 Å². The average molecular weight is 206 g/mol. The van der Waals surface area contributed by atoms with Gasteiger partial charge in [0.05, 0.1) is 5.97 Å². The molecule has 1 aliphatic rings. The SMILES string of the molecule is O=C([O-])CN1CCc2cc(O)ccc2C1. The summed E-state index contributed by atoms with van der Waals surface area (Å²) in [6.07, 6.45) is 0.775. The first-order valence-corrected chi connectivity index (χ1v) is 4.88. The van der Waals surface area contributed by atoms with Gasteiger partial charge < -0.3 is 15.0 Å². The minimum Gasteiger partial charge on any atom is -0.549 e. The summed E-state index contributed by atoms with van der Waals surface area (Å²) >= 11 is 0. The number of nitrogens with zero attached hydrogens (tertiary/aromatic N) is 1. The van der Waals surface area contributed by atoms with Crippen molar-refractivity contribution in [2.45, 2.75) is 13.0 Å². The summed E-state index contributed by atoms with van der Waals surface area (Å²) in [6.45, 7) is 1.29. The van der Waals surface area contributed by atoms with Crippen LogP contribution in [0.5, 0.6) is 5.75 Å². The highest BCUT2D eigenvalue weighted by Gasteiger charge is 2.16. The molecule has 4 heteroatoms. The predicted octanol–water partition coefficient (Wildman–Crippen LogP) is -0.500. The molecule has 0 atom stereocenters. The fourth-order valence-corrected chi connectivity index (χ4v) is 1.92. The van der Waals surface area contributed by atoms with Gasteiger partial charge in [-0.1, -0.05) is 6.07 Å². The average Bonchev–Trinajstić information content (AvgIpc) is 2.17. The molecule has 0 saturated carbocycles. The molecule has 1 aromatic carbocycles. The van der Waals surface area contributed by atoms with E-state index in [1.807, 2.05) is 11.0 Å². The summed E-state index contributed by atoms with van der Waals surface area (Å²) in [5.41, 5.74) is 2.19. The van der Waals surface area contributed by atoms with Crippen LogP contribution in [-0.4, -0.2) is 29.1 Å². The van der Waals surface area contributed by atoms with Crippen LogP contribution in [0.2, 0.25) is 0 Å². The highest BCUT2D eigenvalue weighted by atomic mass is 16.4. The van der Waals surface area contributed by atoms with Crippen molar-refractivity contribution in [3.05, 3.63) is 29.3 Å². The quantitative estimate of drug-likeness (QED) is 0.708. The Bertz CT molecular complexity index is 389. The molecule has 4 nitrogen and oxygen atoms in total. The lowest BCUT2D eigenvalue weighted by Crippen LogP contribution is -2.40. The summed E-state index contributed by atoms with van der Waals surface area (Å²) in [7, 11) is 0. The lowest BCUT2D eigenvalue weighted by Gasteiger charge is -2.28. The predicted molar refractivity (Wildman–Crippen MR) is 52.1 cm³/mol. The van der Waals surface area contributed by atoms with E-state index in [0.29, 0.717) is 13.1 Å². The van der Waals surface area contributed by atoms with Gasteiger partial charge in [0.2, 0.25) is 0 Å². The van der Waals surface area contributed by atoms with Gasteiger partial charge in [-0.15, -0.1) is 0 Å². The number of benzene rings is 1. The Morgan fingerprint density at radius 2 is 2.27 bits per heavy atom. The van der Waals surface area contributed by atoms with Crippen LogP contribution in [0.25, 0.3) is 0 Å². The first-order valence-electron chi connectivity index (χ1n) is 4.88. The molecule has 0 fully saturated rings. The number of hydrogen-bond donors (Lipinski definition) is 1. The van der Waals surface area contributed by atoms with E-state index in [-0.39, 0.29) is 12.3 Å². The van der Waals surface area contributed by atoms with Gasteiger partial charge in [-0.05, 0) is 29.7 Å². The molecule has 1 heterocycles. The van der Waals surface area contributed by atoms with Crippen LogP contribution in [0.3, 0.4) is 0 Å². The molecule has 1 N–H and O–H groups in total. The Labute approximate surface area is 87.8 Å². The molecule has 0 radical (unpaired) electrons. The Morgan fingerprint density at radius 1 is 1.47 bits per heavy atom. The van der Waals surface area contributed by atoms with E-state index >= 15 is 0 Å². The maximum Gasteiger partial charge on any atom is 0.115 e. The lowest BCUT2D eigenvalue weighted by molar-refractivity contribution is -0.306. The van der Waals surface area contributed by atoms with Crippen molar-refractivity contribution in [2.24, 2.45) is 0 Å². The van der Waals surface area contributed by atoms with E-state index in [1.165, 1.54) is 0 Å². The minimum atomic E-state index is -1.04. The number of phenols is 1. The lowest BCUT2D eigenvalue weighted by atomic mass is 9.99. The first-order chi connectivity index (χ1) is 7.15. The monoisotopic (exact) mass is 206 g/mol. The van der Waals surface area contributed by atoms with Gasteiger partial charge >= 0.3 is 0 Å². The topological polar surface area (TPSA) is 63.6 Å². The van der Waals surface area contributed by atoms with Crippen LogP contribution in [0.15, 0.2) is 18.2 Å². The maximum atomic E-state index is 10.4. The van der Waals surface area contributed by atoms with Crippen LogP contribution < -0.4 is 5.11 Å². The number of carbonyl (C=O) groups is 1. The molecule has 0 aliphatic carbocycles. The largest absolute Gasteiger partial charge is 0.549 e. The second-order valence-corrected chi connectivity index (χ2v) is 3.79. The Kier molecular flexibility index (Phi) is 2.60. The van der Waals surface area contributed by atoms with Gasteiger partial charge in [0, 0.05) is 19.6 Å². The van der Waals surface area contributed by atoms with E-state index in [2.05, 4.69) is 0 Å². The van der Waals surface area contributed by atoms with Crippen molar-refractivity contribution in [2.75, 3.05) is 13.1 Å². The number of rotatable bonds is 2. The van der Waals surface area contributed by atoms with E-state index in [1.54, 1.807) is 12.1 Å². The molecule has 0 aromatic heterocycles. The van der Waals surface area contributed by atoms with Crippen molar-refractivity contribution in [3.8, 4) is 5.75 Å². The molecule has 0 unspecified atom stereocenters. The van der Waals surface area contributed by atoms with Gasteiger partial charge in [0.15, 0.2) is 0 Å². The number of carboxylic acids is 1. The molecule has 0 spiro atoms. The highest BCUT2D eigenvalue weighted by Crippen LogP contribution is 2.22. The normalized spacial score (nSPS) is 16.0. The summed E-state index contributed by atoms with van der Waals surface area (Å²) in [5, 5.41) is 19.7. The van der Waals surface area contributed by atoms with Gasteiger partial charge in [-0.3, -0.25) is 4.90 Å². The van der Waals surface area contributed by atoms with Crippen LogP contribution in [0.4, 0.5) is 0 Å². The van der Waals surface area contributed by atoms with Gasteiger partial charge in [-0.2, -0.15) is 0 Å². The smallest absolute Gasteiger partial charge is 0.115 e. The van der Waals surface area contributed by atoms with Crippen molar-refractivity contribution < 1.29 is 15.0 Å². The number of carbonyl (C=O) groups excluding carboxylic acids is 1. The summed E-state index contributed by atoms with van der Waals surface area (Å²) in [4.78, 5) is 12.3. The second-order valence-electron chi connectivity index (χ2n) is 3.79. The van der Waals surface area contributed by atoms with Gasteiger partial charge in [-0.25, -0.2) is 0 Å². The number of hydrogen-bond acceptors (Lipinski definition) is 4. The first kappa shape index (κ1) is 9.98. The molecule has 0 amide bonds. The van der Waals surface area contributed by atoms with E-state index in [9.17, 15) is 15.0 Å². The zero-order valence-electron chi connectivity index (χ0n) is 8.27. The Hall–Kier alpha value is -1.55. The van der Waals surface area contributed by atoms with Crippen molar-refractivity contribution in [1.82, 2.24) is 4.90 Å². The van der Waals surface area contributed by atoms with Gasteiger partial charge in [0.25, 0.3) is 0 Å². The van der Waals surface area contributed by atoms with E-state index in [0.717, 1.165) is 17.5 Å². The molecule has 2 rings (SSSR count). The standard InChI is InChI=1S/C11H13NO3/c13-10-2-1-9-6-12(7-11(14)15)4-3-8(9)5-10/h1-2,5,13H,3-4,6-7H2,(H,14,15)/p-1. The second kappa shape index (κ2) is 3.90. The van der Waals surface area contributed by atoms with Crippen LogP contribution in [0, 0.1) is 0 Å². The third-order valence-corrected chi connectivity index (χ3v) is 2.63. The number of fused-ring (bicyclic) bond motifs is 1. The highest BCUT2D eigenvalue weighted by molar-refractivity contribution is 5.66. The fourth-order valence-electron chi connectivity index (χ4n) is 1.92. The molecule has 1 aliphatic heterocycles. The summed E-state index contributed by atoms with van der Waals surface area (Å²) < 4.78 is 0. The Morgan fingerprint density at radius 3 is 3.00 bits per heavy atom. The third kappa shape index (κ3) is 2.27. The molecule has 0 bridgehead atoms. The number of aromatic hydroxyl groups is 1.